The van der Waals surface area contributed by atoms with Crippen LogP contribution in [0.15, 0.2) is 94.9 Å². The van der Waals surface area contributed by atoms with Gasteiger partial charge in [0.2, 0.25) is 11.8 Å². The number of hydrogen-bond acceptors (Lipinski definition) is 4. The zero-order chi connectivity index (χ0) is 22.8. The van der Waals surface area contributed by atoms with Crippen molar-refractivity contribution in [3.8, 4) is 0 Å². The molecule has 6 heteroatoms. The maximum Gasteiger partial charge on any atom is 0.230 e. The molecule has 0 saturated heterocycles. The Kier molecular flexibility index (Phi) is 8.03. The Hall–Kier alpha value is -4.06. The smallest absolute Gasteiger partial charge is 0.230 e. The van der Waals surface area contributed by atoms with E-state index in [2.05, 4.69) is 20.6 Å². The van der Waals surface area contributed by atoms with Crippen LogP contribution in [0, 0.1) is 0 Å². The summed E-state index contributed by atoms with van der Waals surface area (Å²) in [6.45, 7) is 3.62. The molecule has 6 nitrogen and oxygen atoms in total. The van der Waals surface area contributed by atoms with Crippen LogP contribution in [0.2, 0.25) is 0 Å². The molecule has 0 aromatic heterocycles. The highest BCUT2D eigenvalue weighted by molar-refractivity contribution is 6.07. The van der Waals surface area contributed by atoms with Crippen LogP contribution >= 0.6 is 0 Å². The summed E-state index contributed by atoms with van der Waals surface area (Å²) in [5.41, 5.74) is 4.14. The number of carbonyl (C=O) groups is 2. The minimum Gasteiger partial charge on any atom is -0.326 e. The molecule has 0 fully saturated rings. The van der Waals surface area contributed by atoms with E-state index in [0.717, 1.165) is 11.4 Å². The molecule has 0 unspecified atom stereocenters. The topological polar surface area (TPSA) is 82.9 Å². The highest BCUT2D eigenvalue weighted by Gasteiger charge is 2.08. The Bertz CT molecular complexity index is 1030. The molecule has 2 N–H and O–H groups in total. The van der Waals surface area contributed by atoms with Crippen LogP contribution in [0.25, 0.3) is 0 Å². The molecule has 162 valence electrons. The number of aliphatic imine (C=N–C) groups is 2. The van der Waals surface area contributed by atoms with E-state index in [0.29, 0.717) is 22.8 Å². The fraction of sp³-hybridized carbons (Fsp3) is 0.154. The van der Waals surface area contributed by atoms with Crippen LogP contribution in [0.3, 0.4) is 0 Å². The number of nitrogens with zero attached hydrogens (tertiary/aromatic N) is 2. The lowest BCUT2D eigenvalue weighted by atomic mass is 10.2. The third-order valence-electron chi connectivity index (χ3n) is 4.45. The zero-order valence-electron chi connectivity index (χ0n) is 18.2. The lowest BCUT2D eigenvalue weighted by molar-refractivity contribution is -0.115. The van der Waals surface area contributed by atoms with Crippen LogP contribution in [-0.4, -0.2) is 23.2 Å². The Labute approximate surface area is 188 Å². The van der Waals surface area contributed by atoms with E-state index in [1.165, 1.54) is 0 Å². The fourth-order valence-corrected chi connectivity index (χ4v) is 3.06. The van der Waals surface area contributed by atoms with Crippen molar-refractivity contribution in [1.29, 1.82) is 0 Å². The predicted molar refractivity (Wildman–Crippen MR) is 131 cm³/mol. The van der Waals surface area contributed by atoms with Crippen molar-refractivity contribution in [1.82, 2.24) is 0 Å². The number of amides is 2. The van der Waals surface area contributed by atoms with Gasteiger partial charge in [0, 0.05) is 22.8 Å². The van der Waals surface area contributed by atoms with Crippen LogP contribution in [0.4, 0.5) is 22.7 Å². The summed E-state index contributed by atoms with van der Waals surface area (Å²) in [4.78, 5) is 33.7. The molecule has 0 aliphatic carbocycles. The van der Waals surface area contributed by atoms with Crippen LogP contribution in [0.1, 0.15) is 26.7 Å². The summed E-state index contributed by atoms with van der Waals surface area (Å²) in [5, 5.41) is 5.71. The van der Waals surface area contributed by atoms with Gasteiger partial charge in [-0.05, 0) is 50.2 Å². The van der Waals surface area contributed by atoms with Crippen LogP contribution in [0.5, 0.6) is 0 Å². The summed E-state index contributed by atoms with van der Waals surface area (Å²) in [7, 11) is 0. The lowest BCUT2D eigenvalue weighted by Crippen LogP contribution is -2.15. The van der Waals surface area contributed by atoms with Crippen molar-refractivity contribution >= 4 is 46.0 Å². The van der Waals surface area contributed by atoms with E-state index in [1.54, 1.807) is 0 Å². The molecular formula is C26H26N4O2. The summed E-state index contributed by atoms with van der Waals surface area (Å²) in [5.74, 6) is -0.264. The number of benzene rings is 3. The first-order valence-electron chi connectivity index (χ1n) is 10.4. The average molecular weight is 427 g/mol. The third-order valence-corrected chi connectivity index (χ3v) is 4.45. The van der Waals surface area contributed by atoms with Crippen molar-refractivity contribution in [2.75, 3.05) is 10.6 Å². The first-order valence-corrected chi connectivity index (χ1v) is 10.4. The van der Waals surface area contributed by atoms with Gasteiger partial charge in [-0.15, -0.1) is 0 Å². The summed E-state index contributed by atoms with van der Waals surface area (Å²) in [6.07, 6.45) is 0.344. The molecule has 0 saturated carbocycles. The minimum atomic E-state index is -0.132. The second-order valence-electron chi connectivity index (χ2n) is 7.36. The molecule has 32 heavy (non-hydrogen) atoms. The molecule has 3 aromatic carbocycles. The molecule has 0 aliphatic heterocycles. The van der Waals surface area contributed by atoms with E-state index in [9.17, 15) is 9.59 Å². The van der Waals surface area contributed by atoms with Crippen LogP contribution in [-0.2, 0) is 9.59 Å². The van der Waals surface area contributed by atoms with Crippen molar-refractivity contribution < 1.29 is 9.59 Å². The third kappa shape index (κ3) is 7.32. The van der Waals surface area contributed by atoms with E-state index in [-0.39, 0.29) is 24.7 Å². The van der Waals surface area contributed by atoms with E-state index >= 15 is 0 Å². The van der Waals surface area contributed by atoms with Gasteiger partial charge in [-0.25, -0.2) is 0 Å². The van der Waals surface area contributed by atoms with Gasteiger partial charge in [-0.1, -0.05) is 48.5 Å². The van der Waals surface area contributed by atoms with E-state index < -0.39 is 0 Å². The molecule has 0 bridgehead atoms. The summed E-state index contributed by atoms with van der Waals surface area (Å²) < 4.78 is 0. The minimum absolute atomic E-state index is 0.132. The highest BCUT2D eigenvalue weighted by Crippen LogP contribution is 2.28. The maximum absolute atomic E-state index is 12.3. The monoisotopic (exact) mass is 426 g/mol. The number of hydrogen-bond donors (Lipinski definition) is 2. The Morgan fingerprint density at radius 1 is 0.594 bits per heavy atom. The predicted octanol–water partition coefficient (Wildman–Crippen LogP) is 5.93. The Balaban J connectivity index is 1.65. The number of carbonyl (C=O) groups excluding carboxylic acids is 2. The molecule has 3 aromatic rings. The normalized spacial score (nSPS) is 11.7. The molecule has 0 spiro atoms. The number of rotatable bonds is 8. The number of nitrogens with one attached hydrogen (secondary N) is 2. The lowest BCUT2D eigenvalue weighted by Gasteiger charge is -2.07. The molecule has 0 radical (unpaired) electrons. The zero-order valence-corrected chi connectivity index (χ0v) is 18.2. The second-order valence-corrected chi connectivity index (χ2v) is 7.36. The summed E-state index contributed by atoms with van der Waals surface area (Å²) in [6, 6.07) is 26.0. The van der Waals surface area contributed by atoms with Gasteiger partial charge in [0.15, 0.2) is 0 Å². The Morgan fingerprint density at radius 2 is 0.938 bits per heavy atom. The number of para-hydroxylation sites is 4. The SMILES string of the molecule is CC(CC(=O)Nc1ccccc1)=Nc1ccccc1N=C(C)CC(=O)Nc1ccccc1. The fourth-order valence-electron chi connectivity index (χ4n) is 3.06. The van der Waals surface area contributed by atoms with Gasteiger partial charge in [-0.2, -0.15) is 0 Å². The van der Waals surface area contributed by atoms with Crippen molar-refractivity contribution in [2.45, 2.75) is 26.7 Å². The van der Waals surface area contributed by atoms with Gasteiger partial charge in [0.1, 0.15) is 0 Å². The molecule has 0 atom stereocenters. The summed E-state index contributed by atoms with van der Waals surface area (Å²) >= 11 is 0. The van der Waals surface area contributed by atoms with Gasteiger partial charge in [0.05, 0.1) is 24.2 Å². The van der Waals surface area contributed by atoms with E-state index in [4.69, 9.17) is 0 Å². The van der Waals surface area contributed by atoms with Crippen molar-refractivity contribution in [3.63, 3.8) is 0 Å². The highest BCUT2D eigenvalue weighted by atomic mass is 16.2. The standard InChI is InChI=1S/C26H26N4O2/c1-19(17-25(31)29-21-11-5-3-6-12-21)27-23-15-9-10-16-24(23)28-20(2)18-26(32)30-22-13-7-4-8-14-22/h3-16H,17-18H2,1-2H3,(H,29,31)(H,30,32). The molecule has 2 amide bonds. The van der Waals surface area contributed by atoms with E-state index in [1.807, 2.05) is 98.8 Å². The maximum atomic E-state index is 12.3. The molecular weight excluding hydrogens is 400 g/mol. The first-order chi connectivity index (χ1) is 15.5. The van der Waals surface area contributed by atoms with Crippen molar-refractivity contribution in [2.24, 2.45) is 9.98 Å². The van der Waals surface area contributed by atoms with Gasteiger partial charge in [-0.3, -0.25) is 19.6 Å². The molecule has 0 aliphatic rings. The average Bonchev–Trinajstić information content (AvgIpc) is 2.76. The molecule has 3 rings (SSSR count). The largest absolute Gasteiger partial charge is 0.326 e. The van der Waals surface area contributed by atoms with Gasteiger partial charge in [0.25, 0.3) is 0 Å². The van der Waals surface area contributed by atoms with Gasteiger partial charge < -0.3 is 10.6 Å². The van der Waals surface area contributed by atoms with Crippen molar-refractivity contribution in [3.05, 3.63) is 84.9 Å². The second kappa shape index (κ2) is 11.4. The Morgan fingerprint density at radius 3 is 1.31 bits per heavy atom. The quantitative estimate of drug-likeness (QED) is 0.438. The van der Waals surface area contributed by atoms with Crippen LogP contribution < -0.4 is 10.6 Å². The molecule has 0 heterocycles. The number of anilines is 2. The van der Waals surface area contributed by atoms with Gasteiger partial charge >= 0.3 is 0 Å². The first kappa shape index (κ1) is 22.6.